The highest BCUT2D eigenvalue weighted by atomic mass is 79.9. The number of piperidine rings is 1. The molecule has 12 nitrogen and oxygen atoms in total. The van der Waals surface area contributed by atoms with Crippen LogP contribution >= 0.6 is 15.9 Å². The van der Waals surface area contributed by atoms with Crippen molar-refractivity contribution in [1.82, 2.24) is 44.3 Å². The van der Waals surface area contributed by atoms with Crippen molar-refractivity contribution in [2.45, 2.75) is 59.0 Å². The zero-order chi connectivity index (χ0) is 33.7. The van der Waals surface area contributed by atoms with Crippen molar-refractivity contribution in [1.29, 1.82) is 0 Å². The van der Waals surface area contributed by atoms with Crippen LogP contribution in [0.2, 0.25) is 0 Å². The molecule has 1 aliphatic rings. The maximum absolute atomic E-state index is 13.9. The van der Waals surface area contributed by atoms with Gasteiger partial charge in [0.2, 0.25) is 0 Å². The maximum Gasteiger partial charge on any atom is 0.274 e. The number of benzene rings is 2. The number of rotatable bonds is 6. The van der Waals surface area contributed by atoms with Gasteiger partial charge in [0.05, 0.1) is 24.1 Å². The highest BCUT2D eigenvalue weighted by Gasteiger charge is 2.39. The van der Waals surface area contributed by atoms with E-state index < -0.39 is 0 Å². The Balaban J connectivity index is 1.05. The second-order valence-electron chi connectivity index (χ2n) is 12.9. The maximum atomic E-state index is 13.9. The first-order chi connectivity index (χ1) is 23.0. The first kappa shape index (κ1) is 31.4. The fraction of sp³-hybridized carbons (Fsp3) is 0.286. The van der Waals surface area contributed by atoms with Gasteiger partial charge in [-0.2, -0.15) is 10.2 Å². The Hall–Kier alpha value is -5.17. The van der Waals surface area contributed by atoms with Crippen LogP contribution in [0.1, 0.15) is 70.7 Å². The summed E-state index contributed by atoms with van der Waals surface area (Å²) in [6, 6.07) is 19.0. The molecule has 1 N–H and O–H groups in total. The van der Waals surface area contributed by atoms with Crippen LogP contribution in [0.15, 0.2) is 77.5 Å². The molecule has 2 aromatic carbocycles. The lowest BCUT2D eigenvalue weighted by atomic mass is 9.87. The van der Waals surface area contributed by atoms with Gasteiger partial charge < -0.3 is 10.2 Å². The van der Waals surface area contributed by atoms with Crippen LogP contribution in [0.3, 0.4) is 0 Å². The first-order valence-electron chi connectivity index (χ1n) is 15.8. The molecule has 13 heteroatoms. The van der Waals surface area contributed by atoms with Gasteiger partial charge in [0.25, 0.3) is 11.8 Å². The van der Waals surface area contributed by atoms with Crippen molar-refractivity contribution in [2.75, 3.05) is 11.9 Å². The molecule has 0 bridgehead atoms. The van der Waals surface area contributed by atoms with Crippen LogP contribution in [-0.4, -0.2) is 68.2 Å². The minimum Gasteiger partial charge on any atom is -0.330 e. The largest absolute Gasteiger partial charge is 0.330 e. The van der Waals surface area contributed by atoms with Gasteiger partial charge in [-0.25, -0.2) is 18.9 Å². The molecule has 0 radical (unpaired) electrons. The number of amides is 2. The standard InChI is InChI=1S/C35H35BrN10O2/c1-21-15-22(2)46-32(38-21)29(18-37-46)33(47)39-26-11-9-24(10-12-26)31-20-44(42-40-31)28-13-14-35(4,5)43(19-28)34(48)30-16-23(3)45(41-30)27-8-6-7-25(36)17-27/h6-12,15-18,20,28H,13-14,19H2,1-5H3,(H,39,47). The van der Waals surface area contributed by atoms with Crippen molar-refractivity contribution >= 4 is 39.1 Å². The van der Waals surface area contributed by atoms with E-state index in [1.807, 2.05) is 97.2 Å². The molecular weight excluding hydrogens is 672 g/mol. The van der Waals surface area contributed by atoms with Crippen molar-refractivity contribution in [3.63, 3.8) is 0 Å². The van der Waals surface area contributed by atoms with E-state index in [9.17, 15) is 9.59 Å². The summed E-state index contributed by atoms with van der Waals surface area (Å²) in [4.78, 5) is 33.4. The number of halogens is 1. The number of hydrogen-bond donors (Lipinski definition) is 1. The van der Waals surface area contributed by atoms with Crippen LogP contribution in [-0.2, 0) is 0 Å². The van der Waals surface area contributed by atoms with E-state index in [1.165, 1.54) is 6.20 Å². The molecule has 244 valence electrons. The smallest absolute Gasteiger partial charge is 0.274 e. The van der Waals surface area contributed by atoms with Crippen LogP contribution in [0.5, 0.6) is 0 Å². The summed E-state index contributed by atoms with van der Waals surface area (Å²) in [7, 11) is 0. The molecule has 0 saturated carbocycles. The first-order valence-corrected chi connectivity index (χ1v) is 16.6. The van der Waals surface area contributed by atoms with E-state index in [2.05, 4.69) is 55.5 Å². The summed E-state index contributed by atoms with van der Waals surface area (Å²) >= 11 is 3.52. The molecule has 1 aliphatic heterocycles. The predicted molar refractivity (Wildman–Crippen MR) is 185 cm³/mol. The van der Waals surface area contributed by atoms with Crippen LogP contribution < -0.4 is 5.32 Å². The third-order valence-corrected chi connectivity index (χ3v) is 9.46. The Labute approximate surface area is 285 Å². The number of carbonyl (C=O) groups excluding carboxylic acids is 2. The molecule has 1 saturated heterocycles. The van der Waals surface area contributed by atoms with E-state index >= 15 is 0 Å². The monoisotopic (exact) mass is 706 g/mol. The molecule has 2 amide bonds. The quantitative estimate of drug-likeness (QED) is 0.213. The van der Waals surface area contributed by atoms with Gasteiger partial charge in [-0.1, -0.05) is 39.3 Å². The minimum absolute atomic E-state index is 0.0400. The second-order valence-corrected chi connectivity index (χ2v) is 13.8. The average molecular weight is 708 g/mol. The van der Waals surface area contributed by atoms with Crippen LogP contribution in [0.25, 0.3) is 22.6 Å². The van der Waals surface area contributed by atoms with E-state index in [0.717, 1.165) is 45.6 Å². The number of likely N-dealkylation sites (tertiary alicyclic amines) is 1. The third-order valence-electron chi connectivity index (χ3n) is 8.96. The predicted octanol–water partition coefficient (Wildman–Crippen LogP) is 6.37. The second kappa shape index (κ2) is 12.1. The summed E-state index contributed by atoms with van der Waals surface area (Å²) < 4.78 is 6.26. The summed E-state index contributed by atoms with van der Waals surface area (Å²) in [5.74, 6) is -0.389. The zero-order valence-corrected chi connectivity index (χ0v) is 28.9. The summed E-state index contributed by atoms with van der Waals surface area (Å²) in [5.41, 5.74) is 6.70. The fourth-order valence-corrected chi connectivity index (χ4v) is 6.69. The normalized spacial score (nSPS) is 16.0. The Kier molecular flexibility index (Phi) is 7.94. The SMILES string of the molecule is Cc1cc(C)n2ncc(C(=O)Nc3ccc(-c4cn(C5CCC(C)(C)N(C(=O)c6cc(C)n(-c7cccc(Br)c7)n6)C5)nn4)cc3)c2n1. The minimum atomic E-state index is -0.345. The third kappa shape index (κ3) is 5.89. The number of aryl methyl sites for hydroxylation is 3. The van der Waals surface area contributed by atoms with E-state index in [4.69, 9.17) is 5.10 Å². The van der Waals surface area contributed by atoms with Gasteiger partial charge in [0.15, 0.2) is 11.3 Å². The van der Waals surface area contributed by atoms with Crippen LogP contribution in [0.4, 0.5) is 5.69 Å². The number of nitrogens with zero attached hydrogens (tertiary/aromatic N) is 9. The summed E-state index contributed by atoms with van der Waals surface area (Å²) in [6.45, 7) is 10.5. The average Bonchev–Trinajstić information content (AvgIpc) is 3.80. The highest BCUT2D eigenvalue weighted by Crippen LogP contribution is 2.34. The molecular formula is C35H35BrN10O2. The molecule has 1 unspecified atom stereocenters. The molecule has 5 heterocycles. The lowest BCUT2D eigenvalue weighted by molar-refractivity contribution is 0.0303. The van der Waals surface area contributed by atoms with E-state index in [-0.39, 0.29) is 23.4 Å². The molecule has 0 aliphatic carbocycles. The lowest BCUT2D eigenvalue weighted by Crippen LogP contribution is -2.53. The van der Waals surface area contributed by atoms with Crippen molar-refractivity contribution < 1.29 is 9.59 Å². The number of nitrogens with one attached hydrogen (secondary N) is 1. The zero-order valence-electron chi connectivity index (χ0n) is 27.3. The summed E-state index contributed by atoms with van der Waals surface area (Å²) in [6.07, 6.45) is 5.11. The van der Waals surface area contributed by atoms with E-state index in [1.54, 1.807) is 9.20 Å². The number of carbonyl (C=O) groups is 2. The van der Waals surface area contributed by atoms with Crippen molar-refractivity contribution in [2.24, 2.45) is 0 Å². The molecule has 0 spiro atoms. The number of hydrogen-bond acceptors (Lipinski definition) is 7. The van der Waals surface area contributed by atoms with Gasteiger partial charge >= 0.3 is 0 Å². The van der Waals surface area contributed by atoms with E-state index in [0.29, 0.717) is 34.8 Å². The molecule has 7 rings (SSSR count). The highest BCUT2D eigenvalue weighted by molar-refractivity contribution is 9.10. The Morgan fingerprint density at radius 3 is 2.56 bits per heavy atom. The van der Waals surface area contributed by atoms with Gasteiger partial charge in [-0.15, -0.1) is 5.10 Å². The number of anilines is 1. The van der Waals surface area contributed by atoms with Gasteiger partial charge in [-0.05, 0) is 89.9 Å². The molecule has 4 aromatic heterocycles. The number of aromatic nitrogens is 8. The fourth-order valence-electron chi connectivity index (χ4n) is 6.31. The molecule has 1 atom stereocenters. The Morgan fingerprint density at radius 1 is 1.00 bits per heavy atom. The molecule has 6 aromatic rings. The number of fused-ring (bicyclic) bond motifs is 1. The van der Waals surface area contributed by atoms with Crippen molar-refractivity contribution in [3.8, 4) is 16.9 Å². The Bertz CT molecular complexity index is 2180. The van der Waals surface area contributed by atoms with Gasteiger partial charge in [0, 0.05) is 44.9 Å². The van der Waals surface area contributed by atoms with Crippen LogP contribution in [0, 0.1) is 20.8 Å². The van der Waals surface area contributed by atoms with Crippen molar-refractivity contribution in [3.05, 3.63) is 106 Å². The Morgan fingerprint density at radius 2 is 1.79 bits per heavy atom. The topological polar surface area (TPSA) is 128 Å². The van der Waals surface area contributed by atoms with Gasteiger partial charge in [-0.3, -0.25) is 9.59 Å². The molecule has 1 fully saturated rings. The molecule has 48 heavy (non-hydrogen) atoms. The summed E-state index contributed by atoms with van der Waals surface area (Å²) in [5, 5.41) is 20.9. The lowest BCUT2D eigenvalue weighted by Gasteiger charge is -2.45. The van der Waals surface area contributed by atoms with Gasteiger partial charge in [0.1, 0.15) is 11.3 Å².